The Morgan fingerprint density at radius 1 is 1.43 bits per heavy atom. The topological polar surface area (TPSA) is 110 Å². The number of carboxylic acid groups (broad SMARTS) is 1. The van der Waals surface area contributed by atoms with Crippen LogP contribution < -0.4 is 34.7 Å². The van der Waals surface area contributed by atoms with E-state index in [0.29, 0.717) is 6.20 Å². The fourth-order valence-corrected chi connectivity index (χ4v) is 1.36. The zero-order chi connectivity index (χ0) is 10.1. The van der Waals surface area contributed by atoms with Crippen molar-refractivity contribution >= 4 is 16.1 Å². The minimum Gasteiger partial charge on any atom is -0.744 e. The summed E-state index contributed by atoms with van der Waals surface area (Å²) in [5, 5.41) is 10.3. The van der Waals surface area contributed by atoms with E-state index in [9.17, 15) is 22.9 Å². The van der Waals surface area contributed by atoms with Crippen LogP contribution in [0.3, 0.4) is 0 Å². The van der Waals surface area contributed by atoms with E-state index in [4.69, 9.17) is 0 Å². The predicted molar refractivity (Wildman–Crippen MR) is 36.5 cm³/mol. The smallest absolute Gasteiger partial charge is 0.744 e. The van der Waals surface area contributed by atoms with E-state index in [1.54, 1.807) is 0 Å². The molecule has 8 heteroatoms. The van der Waals surface area contributed by atoms with Gasteiger partial charge in [-0.3, -0.25) is 4.98 Å². The van der Waals surface area contributed by atoms with Crippen LogP contribution >= 0.6 is 0 Å². The largest absolute Gasteiger partial charge is 1.00 e. The minimum atomic E-state index is -4.81. The first kappa shape index (κ1) is 13.5. The van der Waals surface area contributed by atoms with Crippen LogP contribution in [0.25, 0.3) is 0 Å². The average molecular weight is 224 g/mol. The standard InChI is InChI=1S/C6H5NO5S.Na/c8-6(9)4-1-2-7-3-5(4)13(10,11)12;/h1-3H,(H,8,9)(H,10,11,12);/q;+1/p-2. The summed E-state index contributed by atoms with van der Waals surface area (Å²) in [5.41, 5.74) is -0.676. The fourth-order valence-electron chi connectivity index (χ4n) is 0.748. The molecule has 0 aliphatic rings. The third-order valence-corrected chi connectivity index (χ3v) is 2.14. The molecule has 0 N–H and O–H groups in total. The Morgan fingerprint density at radius 2 is 2.00 bits per heavy atom. The molecule has 0 saturated carbocycles. The summed E-state index contributed by atoms with van der Waals surface area (Å²) < 4.78 is 31.4. The summed E-state index contributed by atoms with van der Waals surface area (Å²) >= 11 is 0. The molecule has 0 radical (unpaired) electrons. The molecule has 1 aromatic heterocycles. The molecule has 0 bridgehead atoms. The summed E-state index contributed by atoms with van der Waals surface area (Å²) in [6, 6.07) is 0.889. The van der Waals surface area contributed by atoms with E-state index >= 15 is 0 Å². The summed E-state index contributed by atoms with van der Waals surface area (Å²) in [4.78, 5) is 12.8. The Bertz CT molecular complexity index is 443. The van der Waals surface area contributed by atoms with Gasteiger partial charge < -0.3 is 14.5 Å². The molecule has 6 nitrogen and oxygen atoms in total. The molecule has 0 amide bonds. The number of hydrogen-bond acceptors (Lipinski definition) is 6. The van der Waals surface area contributed by atoms with Crippen LogP contribution in [0.1, 0.15) is 10.4 Å². The normalized spacial score (nSPS) is 10.4. The molecule has 0 unspecified atom stereocenters. The third-order valence-electron chi connectivity index (χ3n) is 1.27. The van der Waals surface area contributed by atoms with Gasteiger partial charge in [0.15, 0.2) is 0 Å². The number of nitrogens with zero attached hydrogens (tertiary/aromatic N) is 1. The van der Waals surface area contributed by atoms with Crippen molar-refractivity contribution in [2.24, 2.45) is 0 Å². The quantitative estimate of drug-likeness (QED) is 0.369. The number of pyridine rings is 1. The van der Waals surface area contributed by atoms with Crippen molar-refractivity contribution in [3.63, 3.8) is 0 Å². The molecule has 0 atom stereocenters. The van der Waals surface area contributed by atoms with Crippen LogP contribution in [-0.2, 0) is 10.1 Å². The molecule has 0 spiro atoms. The molecule has 1 rings (SSSR count). The molecule has 0 aliphatic heterocycles. The first-order chi connectivity index (χ1) is 5.93. The van der Waals surface area contributed by atoms with E-state index < -0.39 is 26.5 Å². The second kappa shape index (κ2) is 4.85. The van der Waals surface area contributed by atoms with Crippen LogP contribution in [0.15, 0.2) is 23.4 Å². The van der Waals surface area contributed by atoms with E-state index in [-0.39, 0.29) is 29.6 Å². The maximum Gasteiger partial charge on any atom is 1.00 e. The van der Waals surface area contributed by atoms with Gasteiger partial charge in [-0.05, 0) is 6.07 Å². The molecule has 1 heterocycles. The molecule has 1 aromatic rings. The Kier molecular flexibility index (Phi) is 4.69. The molecule has 0 aromatic carbocycles. The molecule has 70 valence electrons. The van der Waals surface area contributed by atoms with Crippen molar-refractivity contribution in [1.29, 1.82) is 0 Å². The van der Waals surface area contributed by atoms with E-state index in [1.807, 2.05) is 0 Å². The van der Waals surface area contributed by atoms with Gasteiger partial charge in [0.25, 0.3) is 0 Å². The van der Waals surface area contributed by atoms with Gasteiger partial charge in [-0.25, -0.2) is 8.42 Å². The van der Waals surface area contributed by atoms with E-state index in [1.165, 1.54) is 0 Å². The number of hydrogen-bond donors (Lipinski definition) is 0. The van der Waals surface area contributed by atoms with Gasteiger partial charge in [0.2, 0.25) is 0 Å². The van der Waals surface area contributed by atoms with Crippen molar-refractivity contribution < 1.29 is 52.4 Å². The maximum atomic E-state index is 10.5. The van der Waals surface area contributed by atoms with Gasteiger partial charge in [0.1, 0.15) is 10.1 Å². The molecular weight excluding hydrogens is 221 g/mol. The summed E-state index contributed by atoms with van der Waals surface area (Å²) in [7, 11) is -4.81. The number of rotatable bonds is 2. The molecule has 0 fully saturated rings. The Balaban J connectivity index is 0.00000169. The number of aromatic nitrogens is 1. The number of carbonyl (C=O) groups is 1. The van der Waals surface area contributed by atoms with Crippen molar-refractivity contribution in [2.75, 3.05) is 0 Å². The first-order valence-corrected chi connectivity index (χ1v) is 4.45. The molecular formula is C6H3NNaO5S-. The Hall–Kier alpha value is -0.470. The van der Waals surface area contributed by atoms with Crippen LogP contribution in [0.5, 0.6) is 0 Å². The van der Waals surface area contributed by atoms with Gasteiger partial charge in [-0.2, -0.15) is 0 Å². The predicted octanol–water partition coefficient (Wildman–Crippen LogP) is -4.65. The van der Waals surface area contributed by atoms with Crippen LogP contribution in [-0.4, -0.2) is 23.9 Å². The van der Waals surface area contributed by atoms with Gasteiger partial charge >= 0.3 is 29.6 Å². The van der Waals surface area contributed by atoms with Gasteiger partial charge in [0, 0.05) is 18.0 Å². The van der Waals surface area contributed by atoms with Gasteiger partial charge in [-0.1, -0.05) is 0 Å². The average Bonchev–Trinajstić information content (AvgIpc) is 2.03. The zero-order valence-electron chi connectivity index (χ0n) is 7.13. The fraction of sp³-hybridized carbons (Fsp3) is 0. The van der Waals surface area contributed by atoms with Crippen LogP contribution in [0, 0.1) is 0 Å². The minimum absolute atomic E-state index is 0. The second-order valence-electron chi connectivity index (χ2n) is 2.11. The van der Waals surface area contributed by atoms with Gasteiger partial charge in [-0.15, -0.1) is 0 Å². The van der Waals surface area contributed by atoms with Crippen LogP contribution in [0.4, 0.5) is 0 Å². The number of carboxylic acids is 1. The summed E-state index contributed by atoms with van der Waals surface area (Å²) in [5.74, 6) is -1.73. The monoisotopic (exact) mass is 224 g/mol. The maximum absolute atomic E-state index is 10.5. The van der Waals surface area contributed by atoms with E-state index in [2.05, 4.69) is 4.98 Å². The number of aromatic carboxylic acids is 1. The molecule has 14 heavy (non-hydrogen) atoms. The zero-order valence-corrected chi connectivity index (χ0v) is 9.95. The van der Waals surface area contributed by atoms with Crippen molar-refractivity contribution in [1.82, 2.24) is 4.98 Å². The SMILES string of the molecule is O=C([O-])c1ccncc1S(=O)(=O)[O-].[Na+]. The first-order valence-electron chi connectivity index (χ1n) is 3.04. The second-order valence-corrected chi connectivity index (χ2v) is 3.46. The van der Waals surface area contributed by atoms with Gasteiger partial charge in [0.05, 0.1) is 10.9 Å². The molecule has 0 aliphatic carbocycles. The van der Waals surface area contributed by atoms with Crippen molar-refractivity contribution in [3.05, 3.63) is 24.0 Å². The van der Waals surface area contributed by atoms with E-state index in [0.717, 1.165) is 12.3 Å². The van der Waals surface area contributed by atoms with Crippen molar-refractivity contribution in [3.8, 4) is 0 Å². The number of carbonyl (C=O) groups excluding carboxylic acids is 1. The summed E-state index contributed by atoms with van der Waals surface area (Å²) in [6.45, 7) is 0. The van der Waals surface area contributed by atoms with Crippen molar-refractivity contribution in [2.45, 2.75) is 4.90 Å². The Labute approximate surface area is 102 Å². The molecule has 0 saturated heterocycles. The third kappa shape index (κ3) is 3.03. The Morgan fingerprint density at radius 3 is 2.36 bits per heavy atom. The summed E-state index contributed by atoms with van der Waals surface area (Å²) in [6.07, 6.45) is 1.73. The van der Waals surface area contributed by atoms with Crippen LogP contribution in [0.2, 0.25) is 0 Å².